The van der Waals surface area contributed by atoms with Gasteiger partial charge in [0.05, 0.1) is 23.3 Å². The number of nitrogens with zero attached hydrogens (tertiary/aromatic N) is 4. The van der Waals surface area contributed by atoms with Crippen LogP contribution in [0.2, 0.25) is 0 Å². The molecule has 4 aromatic heterocycles. The van der Waals surface area contributed by atoms with Gasteiger partial charge in [-0.15, -0.1) is 0 Å². The van der Waals surface area contributed by atoms with Gasteiger partial charge >= 0.3 is 0 Å². The molecule has 8 aromatic carbocycles. The molecule has 0 N–H and O–H groups in total. The van der Waals surface area contributed by atoms with Gasteiger partial charge in [-0.25, -0.2) is 22.5 Å². The molecule has 4 heterocycles. The van der Waals surface area contributed by atoms with Crippen LogP contribution in [0.4, 0.5) is 17.6 Å². The monoisotopic (exact) mass is 990 g/mol. The standard InChI is InChI=1S/C68H42F4N4/c69-52-29-30-60(63(71)36-52)65-31-27-47(39-73-65)54-17-7-9-19-56(54)49-33-50(57-20-10-8-18-55(57)48-28-32-66(74-40-48)68-64(72)37-53(70)41-76-68)35-51(34-49)58-21-11-12-22-59(58)62-42-75-67(46-15-5-2-6-16-46)38-61(62)45-25-23-44(24-26-45)43-13-3-1-4-14-43/h1-42H. The molecule has 8 heteroatoms. The van der Waals surface area contributed by atoms with E-state index >= 15 is 0 Å². The molecule has 0 saturated heterocycles. The molecule has 0 fully saturated rings. The fraction of sp³-hybridized carbons (Fsp3) is 0. The third-order valence-electron chi connectivity index (χ3n) is 13.6. The van der Waals surface area contributed by atoms with Crippen molar-refractivity contribution in [3.8, 4) is 123 Å². The lowest BCUT2D eigenvalue weighted by molar-refractivity contribution is 0.575. The number of halogens is 4. The fourth-order valence-corrected chi connectivity index (χ4v) is 9.89. The smallest absolute Gasteiger partial charge is 0.153 e. The van der Waals surface area contributed by atoms with Crippen LogP contribution in [-0.2, 0) is 0 Å². The third-order valence-corrected chi connectivity index (χ3v) is 13.6. The van der Waals surface area contributed by atoms with Crippen LogP contribution in [0, 0.1) is 23.3 Å². The topological polar surface area (TPSA) is 51.6 Å². The largest absolute Gasteiger partial charge is 0.256 e. The van der Waals surface area contributed by atoms with E-state index in [1.54, 1.807) is 24.5 Å². The molecule has 12 aromatic rings. The quantitative estimate of drug-likeness (QED) is 0.121. The van der Waals surface area contributed by atoms with Crippen LogP contribution in [0.1, 0.15) is 0 Å². The Morgan fingerprint density at radius 1 is 0.211 bits per heavy atom. The van der Waals surface area contributed by atoms with Crippen LogP contribution in [-0.4, -0.2) is 19.9 Å². The summed E-state index contributed by atoms with van der Waals surface area (Å²) in [5, 5.41) is 0. The Balaban J connectivity index is 1.03. The van der Waals surface area contributed by atoms with E-state index in [-0.39, 0.29) is 17.0 Å². The molecule has 0 aliphatic rings. The molecule has 0 spiro atoms. The number of hydrogen-bond acceptors (Lipinski definition) is 4. The SMILES string of the molecule is Fc1ccc(-c2ccc(-c3ccccc3-c3cc(-c4ccccc4-c4ccc(-c5ncc(F)cc5F)nc4)cc(-c4ccccc4-c4cnc(-c5ccccc5)cc4-c4ccc(-c5ccccc5)cc4)c3)cn2)c(F)c1. The van der Waals surface area contributed by atoms with E-state index < -0.39 is 23.3 Å². The van der Waals surface area contributed by atoms with Gasteiger partial charge in [0.25, 0.3) is 0 Å². The van der Waals surface area contributed by atoms with Gasteiger partial charge in [0.15, 0.2) is 5.82 Å². The highest BCUT2D eigenvalue weighted by Gasteiger charge is 2.20. The second-order valence-electron chi connectivity index (χ2n) is 18.3. The summed E-state index contributed by atoms with van der Waals surface area (Å²) in [4.78, 5) is 18.4. The number of pyridine rings is 4. The minimum atomic E-state index is -0.796. The van der Waals surface area contributed by atoms with Crippen LogP contribution in [0.5, 0.6) is 0 Å². The van der Waals surface area contributed by atoms with Gasteiger partial charge in [0, 0.05) is 58.5 Å². The highest BCUT2D eigenvalue weighted by atomic mass is 19.1. The predicted octanol–water partition coefficient (Wildman–Crippen LogP) is 18.2. The molecule has 0 unspecified atom stereocenters. The number of aromatic nitrogens is 4. The van der Waals surface area contributed by atoms with Crippen molar-refractivity contribution in [2.75, 3.05) is 0 Å². The van der Waals surface area contributed by atoms with Crippen LogP contribution < -0.4 is 0 Å². The molecule has 0 aliphatic carbocycles. The van der Waals surface area contributed by atoms with Gasteiger partial charge in [-0.2, -0.15) is 0 Å². The van der Waals surface area contributed by atoms with Crippen molar-refractivity contribution in [3.05, 3.63) is 279 Å². The zero-order valence-electron chi connectivity index (χ0n) is 40.5. The lowest BCUT2D eigenvalue weighted by Crippen LogP contribution is -1.95. The first-order valence-corrected chi connectivity index (χ1v) is 24.7. The molecule has 0 radical (unpaired) electrons. The molecule has 0 amide bonds. The van der Waals surface area contributed by atoms with Gasteiger partial charge in [-0.3, -0.25) is 15.0 Å². The van der Waals surface area contributed by atoms with Gasteiger partial charge in [0.1, 0.15) is 23.1 Å². The minimum Gasteiger partial charge on any atom is -0.256 e. The molecule has 0 saturated carbocycles. The summed E-state index contributed by atoms with van der Waals surface area (Å²) in [5.41, 5.74) is 17.9. The first-order valence-electron chi connectivity index (χ1n) is 24.7. The second-order valence-corrected chi connectivity index (χ2v) is 18.3. The first-order chi connectivity index (χ1) is 37.3. The maximum Gasteiger partial charge on any atom is 0.153 e. The Kier molecular flexibility index (Phi) is 12.7. The van der Waals surface area contributed by atoms with Crippen molar-refractivity contribution in [2.45, 2.75) is 0 Å². The minimum absolute atomic E-state index is 0.0411. The highest BCUT2D eigenvalue weighted by Crippen LogP contribution is 2.45. The molecule has 76 heavy (non-hydrogen) atoms. The molecule has 0 bridgehead atoms. The summed E-state index contributed by atoms with van der Waals surface area (Å²) < 4.78 is 57.5. The molecule has 0 aliphatic heterocycles. The van der Waals surface area contributed by atoms with E-state index in [9.17, 15) is 17.6 Å². The van der Waals surface area contributed by atoms with Crippen molar-refractivity contribution >= 4 is 0 Å². The Bertz CT molecular complexity index is 3920. The van der Waals surface area contributed by atoms with Crippen LogP contribution in [0.3, 0.4) is 0 Å². The maximum atomic E-state index is 14.9. The summed E-state index contributed by atoms with van der Waals surface area (Å²) in [6.45, 7) is 0. The van der Waals surface area contributed by atoms with E-state index in [0.29, 0.717) is 5.69 Å². The highest BCUT2D eigenvalue weighted by molar-refractivity contribution is 5.97. The average molecular weight is 991 g/mol. The summed E-state index contributed by atoms with van der Waals surface area (Å²) in [5.74, 6) is -2.91. The Morgan fingerprint density at radius 2 is 0.658 bits per heavy atom. The van der Waals surface area contributed by atoms with Gasteiger partial charge < -0.3 is 0 Å². The summed E-state index contributed by atoms with van der Waals surface area (Å²) in [7, 11) is 0. The summed E-state index contributed by atoms with van der Waals surface area (Å²) in [6, 6.07) is 74.1. The predicted molar refractivity (Wildman–Crippen MR) is 297 cm³/mol. The molecule has 362 valence electrons. The van der Waals surface area contributed by atoms with Gasteiger partial charge in [-0.1, -0.05) is 170 Å². The van der Waals surface area contributed by atoms with Crippen molar-refractivity contribution in [1.29, 1.82) is 0 Å². The summed E-state index contributed by atoms with van der Waals surface area (Å²) in [6.07, 6.45) is 6.36. The van der Waals surface area contributed by atoms with Crippen molar-refractivity contribution in [1.82, 2.24) is 19.9 Å². The normalized spacial score (nSPS) is 11.2. The molecular weight excluding hydrogens is 949 g/mol. The molecular formula is C68H42F4N4. The van der Waals surface area contributed by atoms with E-state index in [0.717, 1.165) is 119 Å². The Hall–Kier alpha value is -9.92. The van der Waals surface area contributed by atoms with Gasteiger partial charge in [-0.05, 0) is 121 Å². The molecule has 4 nitrogen and oxygen atoms in total. The van der Waals surface area contributed by atoms with Crippen LogP contribution in [0.15, 0.2) is 255 Å². The average Bonchev–Trinajstić information content (AvgIpc) is 3.49. The number of hydrogen-bond donors (Lipinski definition) is 0. The number of benzene rings is 8. The van der Waals surface area contributed by atoms with Crippen LogP contribution >= 0.6 is 0 Å². The lowest BCUT2D eigenvalue weighted by atomic mass is 9.85. The Labute approximate surface area is 437 Å². The first kappa shape index (κ1) is 47.1. The van der Waals surface area contributed by atoms with Gasteiger partial charge in [0.2, 0.25) is 0 Å². The van der Waals surface area contributed by atoms with E-state index in [1.165, 1.54) is 12.1 Å². The fourth-order valence-electron chi connectivity index (χ4n) is 9.89. The molecule has 0 atom stereocenters. The van der Waals surface area contributed by atoms with E-state index in [4.69, 9.17) is 4.98 Å². The van der Waals surface area contributed by atoms with E-state index in [2.05, 4.69) is 124 Å². The lowest BCUT2D eigenvalue weighted by Gasteiger charge is -2.19. The maximum absolute atomic E-state index is 14.9. The zero-order chi connectivity index (χ0) is 51.5. The third kappa shape index (κ3) is 9.47. The van der Waals surface area contributed by atoms with Crippen molar-refractivity contribution in [2.24, 2.45) is 0 Å². The zero-order valence-corrected chi connectivity index (χ0v) is 40.5. The van der Waals surface area contributed by atoms with Crippen molar-refractivity contribution < 1.29 is 17.6 Å². The van der Waals surface area contributed by atoms with E-state index in [1.807, 2.05) is 91.1 Å². The van der Waals surface area contributed by atoms with Crippen molar-refractivity contribution in [3.63, 3.8) is 0 Å². The van der Waals surface area contributed by atoms with Crippen LogP contribution in [0.25, 0.3) is 123 Å². The summed E-state index contributed by atoms with van der Waals surface area (Å²) >= 11 is 0. The Morgan fingerprint density at radius 3 is 1.20 bits per heavy atom. The second kappa shape index (κ2) is 20.5. The molecule has 12 rings (SSSR count). The number of rotatable bonds is 11.